The number of aryl methyl sites for hydroxylation is 1. The van der Waals surface area contributed by atoms with Crippen molar-refractivity contribution in [2.75, 3.05) is 12.4 Å². The predicted molar refractivity (Wildman–Crippen MR) is 89.8 cm³/mol. The highest BCUT2D eigenvalue weighted by Crippen LogP contribution is 2.29. The van der Waals surface area contributed by atoms with Crippen molar-refractivity contribution >= 4 is 45.8 Å². The molecule has 2 aromatic carbocycles. The topological polar surface area (TPSA) is 38.3 Å². The van der Waals surface area contributed by atoms with Crippen molar-refractivity contribution in [3.05, 3.63) is 55.9 Å². The molecule has 0 unspecified atom stereocenters. The van der Waals surface area contributed by atoms with Crippen LogP contribution in [0.25, 0.3) is 0 Å². The molecule has 0 aliphatic rings. The SMILES string of the molecule is COc1cc(I)c(Cl)cc1C(=O)Nc1cc(F)ccc1C. The van der Waals surface area contributed by atoms with Crippen LogP contribution in [-0.4, -0.2) is 13.0 Å². The first-order valence-corrected chi connectivity index (χ1v) is 7.48. The summed E-state index contributed by atoms with van der Waals surface area (Å²) in [7, 11) is 1.48. The lowest BCUT2D eigenvalue weighted by molar-refractivity contribution is 0.102. The number of benzene rings is 2. The van der Waals surface area contributed by atoms with Crippen LogP contribution in [0.1, 0.15) is 15.9 Å². The van der Waals surface area contributed by atoms with E-state index in [9.17, 15) is 9.18 Å². The number of amides is 1. The maximum Gasteiger partial charge on any atom is 0.259 e. The predicted octanol–water partition coefficient (Wildman–Crippen LogP) is 4.65. The first-order valence-electron chi connectivity index (χ1n) is 6.03. The van der Waals surface area contributed by atoms with E-state index in [0.29, 0.717) is 22.0 Å². The second-order valence-corrected chi connectivity index (χ2v) is 5.95. The molecule has 0 radical (unpaired) electrons. The van der Waals surface area contributed by atoms with Gasteiger partial charge in [-0.3, -0.25) is 4.79 Å². The summed E-state index contributed by atoms with van der Waals surface area (Å²) in [6.07, 6.45) is 0. The van der Waals surface area contributed by atoms with E-state index < -0.39 is 11.7 Å². The highest BCUT2D eigenvalue weighted by Gasteiger charge is 2.16. The van der Waals surface area contributed by atoms with Gasteiger partial charge in [-0.25, -0.2) is 4.39 Å². The van der Waals surface area contributed by atoms with Crippen LogP contribution in [0.3, 0.4) is 0 Å². The summed E-state index contributed by atoms with van der Waals surface area (Å²) in [5, 5.41) is 3.12. The summed E-state index contributed by atoms with van der Waals surface area (Å²) in [5.74, 6) is -0.405. The lowest BCUT2D eigenvalue weighted by atomic mass is 10.1. The number of halogens is 3. The molecule has 0 spiro atoms. The number of hydrogen-bond acceptors (Lipinski definition) is 2. The largest absolute Gasteiger partial charge is 0.496 e. The summed E-state index contributed by atoms with van der Waals surface area (Å²) >= 11 is 8.10. The van der Waals surface area contributed by atoms with Gasteiger partial charge in [0.15, 0.2) is 0 Å². The molecule has 2 aromatic rings. The zero-order valence-electron chi connectivity index (χ0n) is 11.3. The minimum absolute atomic E-state index is 0.298. The van der Waals surface area contributed by atoms with Crippen molar-refractivity contribution in [3.63, 3.8) is 0 Å². The van der Waals surface area contributed by atoms with E-state index in [1.165, 1.54) is 25.3 Å². The molecule has 0 fully saturated rings. The van der Waals surface area contributed by atoms with Gasteiger partial charge in [-0.2, -0.15) is 0 Å². The van der Waals surface area contributed by atoms with Gasteiger partial charge < -0.3 is 10.1 Å². The van der Waals surface area contributed by atoms with E-state index in [-0.39, 0.29) is 0 Å². The third-order valence-electron chi connectivity index (χ3n) is 2.93. The summed E-state index contributed by atoms with van der Waals surface area (Å²) < 4.78 is 19.2. The van der Waals surface area contributed by atoms with E-state index in [1.54, 1.807) is 19.1 Å². The minimum Gasteiger partial charge on any atom is -0.496 e. The molecular weight excluding hydrogens is 408 g/mol. The number of hydrogen-bond donors (Lipinski definition) is 1. The van der Waals surface area contributed by atoms with Crippen LogP contribution < -0.4 is 10.1 Å². The summed E-state index contributed by atoms with van der Waals surface area (Å²) in [4.78, 5) is 12.3. The van der Waals surface area contributed by atoms with Crippen molar-refractivity contribution < 1.29 is 13.9 Å². The van der Waals surface area contributed by atoms with E-state index in [0.717, 1.165) is 9.13 Å². The molecule has 110 valence electrons. The minimum atomic E-state index is -0.413. The molecule has 0 aliphatic carbocycles. The Morgan fingerprint density at radius 1 is 1.33 bits per heavy atom. The van der Waals surface area contributed by atoms with Crippen molar-refractivity contribution in [2.45, 2.75) is 6.92 Å². The number of methoxy groups -OCH3 is 1. The molecule has 2 rings (SSSR count). The molecule has 1 amide bonds. The van der Waals surface area contributed by atoms with Gasteiger partial charge in [-0.15, -0.1) is 0 Å². The number of rotatable bonds is 3. The van der Waals surface area contributed by atoms with Crippen LogP contribution in [0.5, 0.6) is 5.75 Å². The van der Waals surface area contributed by atoms with E-state index in [4.69, 9.17) is 16.3 Å². The smallest absolute Gasteiger partial charge is 0.259 e. The van der Waals surface area contributed by atoms with E-state index in [1.807, 2.05) is 0 Å². The molecule has 0 aliphatic heterocycles. The lowest BCUT2D eigenvalue weighted by Gasteiger charge is -2.12. The molecule has 0 saturated carbocycles. The van der Waals surface area contributed by atoms with Crippen LogP contribution in [-0.2, 0) is 0 Å². The zero-order chi connectivity index (χ0) is 15.6. The van der Waals surface area contributed by atoms with Crippen LogP contribution >= 0.6 is 34.2 Å². The Labute approximate surface area is 140 Å². The Kier molecular flexibility index (Phi) is 5.05. The average Bonchev–Trinajstić information content (AvgIpc) is 2.45. The van der Waals surface area contributed by atoms with Crippen molar-refractivity contribution in [2.24, 2.45) is 0 Å². The molecule has 0 aromatic heterocycles. The zero-order valence-corrected chi connectivity index (χ0v) is 14.3. The Balaban J connectivity index is 2.36. The van der Waals surface area contributed by atoms with Crippen LogP contribution in [0, 0.1) is 16.3 Å². The molecule has 21 heavy (non-hydrogen) atoms. The summed E-state index contributed by atoms with van der Waals surface area (Å²) in [6, 6.07) is 7.42. The number of anilines is 1. The molecule has 6 heteroatoms. The number of nitrogens with one attached hydrogen (secondary N) is 1. The van der Waals surface area contributed by atoms with Crippen molar-refractivity contribution in [3.8, 4) is 5.75 Å². The highest BCUT2D eigenvalue weighted by atomic mass is 127. The highest BCUT2D eigenvalue weighted by molar-refractivity contribution is 14.1. The van der Waals surface area contributed by atoms with Crippen LogP contribution in [0.2, 0.25) is 5.02 Å². The molecule has 0 bridgehead atoms. The van der Waals surface area contributed by atoms with Gasteiger partial charge in [-0.1, -0.05) is 17.7 Å². The van der Waals surface area contributed by atoms with Gasteiger partial charge in [0.1, 0.15) is 11.6 Å². The lowest BCUT2D eigenvalue weighted by Crippen LogP contribution is -2.14. The maximum absolute atomic E-state index is 13.3. The summed E-state index contributed by atoms with van der Waals surface area (Å²) in [5.41, 5.74) is 1.48. The van der Waals surface area contributed by atoms with Gasteiger partial charge in [0.25, 0.3) is 5.91 Å². The number of ether oxygens (including phenoxy) is 1. The van der Waals surface area contributed by atoms with E-state index in [2.05, 4.69) is 27.9 Å². The first-order chi connectivity index (χ1) is 9.92. The van der Waals surface area contributed by atoms with Crippen molar-refractivity contribution in [1.82, 2.24) is 0 Å². The molecule has 0 saturated heterocycles. The molecule has 0 heterocycles. The first kappa shape index (κ1) is 16.0. The molecular formula is C15H12ClFINO2. The Bertz CT molecular complexity index is 706. The normalized spacial score (nSPS) is 10.3. The Morgan fingerprint density at radius 2 is 2.05 bits per heavy atom. The molecule has 1 N–H and O–H groups in total. The molecule has 3 nitrogen and oxygen atoms in total. The standard InChI is InChI=1S/C15H12ClFINO2/c1-8-3-4-9(17)5-13(8)19-15(20)10-6-11(16)12(18)7-14(10)21-2/h3-7H,1-2H3,(H,19,20). The number of carbonyl (C=O) groups excluding carboxylic acids is 1. The average molecular weight is 420 g/mol. The van der Waals surface area contributed by atoms with Gasteiger partial charge >= 0.3 is 0 Å². The fourth-order valence-corrected chi connectivity index (χ4v) is 2.40. The maximum atomic E-state index is 13.3. The van der Waals surface area contributed by atoms with Gasteiger partial charge in [0.2, 0.25) is 0 Å². The fraction of sp³-hybridized carbons (Fsp3) is 0.133. The van der Waals surface area contributed by atoms with Crippen LogP contribution in [0.15, 0.2) is 30.3 Å². The summed E-state index contributed by atoms with van der Waals surface area (Å²) in [6.45, 7) is 1.78. The van der Waals surface area contributed by atoms with Crippen molar-refractivity contribution in [1.29, 1.82) is 0 Å². The van der Waals surface area contributed by atoms with E-state index >= 15 is 0 Å². The van der Waals surface area contributed by atoms with Gasteiger partial charge in [-0.05, 0) is 59.3 Å². The molecule has 0 atom stereocenters. The number of carbonyl (C=O) groups is 1. The second kappa shape index (κ2) is 6.62. The third-order valence-corrected chi connectivity index (χ3v) is 4.46. The monoisotopic (exact) mass is 419 g/mol. The third kappa shape index (κ3) is 3.65. The quantitative estimate of drug-likeness (QED) is 0.735. The van der Waals surface area contributed by atoms with Gasteiger partial charge in [0, 0.05) is 9.26 Å². The fourth-order valence-electron chi connectivity index (χ4n) is 1.79. The van der Waals surface area contributed by atoms with Crippen LogP contribution in [0.4, 0.5) is 10.1 Å². The Hall–Kier alpha value is -1.34. The Morgan fingerprint density at radius 3 is 2.71 bits per heavy atom. The second-order valence-electron chi connectivity index (χ2n) is 4.38. The van der Waals surface area contributed by atoms with Gasteiger partial charge in [0.05, 0.1) is 17.7 Å².